The Morgan fingerprint density at radius 2 is 1.18 bits per heavy atom. The standard InChI is InChI=1S/C16H10Br2O4/c17-12-7-3-1-5-10(12)16(11-6-2-4-8-13(11)18)21-14(19)9-15(20)22-16/h1-8H,9H2. The maximum Gasteiger partial charge on any atom is 0.320 e. The van der Waals surface area contributed by atoms with E-state index in [0.29, 0.717) is 20.1 Å². The highest BCUT2D eigenvalue weighted by molar-refractivity contribution is 9.10. The van der Waals surface area contributed by atoms with Crippen LogP contribution >= 0.6 is 31.9 Å². The Bertz CT molecular complexity index is 694. The number of esters is 2. The molecule has 1 aliphatic rings. The molecule has 0 bridgehead atoms. The first kappa shape index (κ1) is 15.2. The van der Waals surface area contributed by atoms with E-state index in [-0.39, 0.29) is 0 Å². The molecule has 0 unspecified atom stereocenters. The Morgan fingerprint density at radius 3 is 1.59 bits per heavy atom. The van der Waals surface area contributed by atoms with Crippen LogP contribution in [0.5, 0.6) is 0 Å². The number of hydrogen-bond acceptors (Lipinski definition) is 4. The minimum Gasteiger partial charge on any atom is -0.413 e. The number of cyclic esters (lactones) is 2. The van der Waals surface area contributed by atoms with E-state index in [2.05, 4.69) is 31.9 Å². The van der Waals surface area contributed by atoms with E-state index in [1.54, 1.807) is 36.4 Å². The highest BCUT2D eigenvalue weighted by atomic mass is 79.9. The van der Waals surface area contributed by atoms with Crippen LogP contribution in [0.4, 0.5) is 0 Å². The Kier molecular flexibility index (Phi) is 4.06. The quantitative estimate of drug-likeness (QED) is 0.540. The van der Waals surface area contributed by atoms with Crippen LogP contribution in [0.25, 0.3) is 0 Å². The molecule has 0 saturated carbocycles. The van der Waals surface area contributed by atoms with E-state index in [4.69, 9.17) is 9.47 Å². The number of carbonyl (C=O) groups is 2. The monoisotopic (exact) mass is 424 g/mol. The summed E-state index contributed by atoms with van der Waals surface area (Å²) in [7, 11) is 0. The van der Waals surface area contributed by atoms with E-state index in [0.717, 1.165) is 0 Å². The van der Waals surface area contributed by atoms with Crippen LogP contribution in [0, 0.1) is 0 Å². The fourth-order valence-corrected chi connectivity index (χ4v) is 3.44. The van der Waals surface area contributed by atoms with Crippen LogP contribution < -0.4 is 0 Å². The lowest BCUT2D eigenvalue weighted by Crippen LogP contribution is -2.44. The summed E-state index contributed by atoms with van der Waals surface area (Å²) in [5, 5.41) is 0. The molecule has 0 radical (unpaired) electrons. The van der Waals surface area contributed by atoms with Crippen LogP contribution in [0.2, 0.25) is 0 Å². The van der Waals surface area contributed by atoms with Crippen molar-refractivity contribution in [2.24, 2.45) is 0 Å². The van der Waals surface area contributed by atoms with Gasteiger partial charge >= 0.3 is 17.7 Å². The van der Waals surface area contributed by atoms with Crippen LogP contribution in [0.3, 0.4) is 0 Å². The van der Waals surface area contributed by atoms with Crippen molar-refractivity contribution in [3.05, 3.63) is 68.6 Å². The molecule has 0 amide bonds. The predicted octanol–water partition coefficient (Wildman–Crippen LogP) is 3.90. The summed E-state index contributed by atoms with van der Waals surface area (Å²) < 4.78 is 12.4. The highest BCUT2D eigenvalue weighted by Crippen LogP contribution is 2.44. The maximum absolute atomic E-state index is 11.9. The summed E-state index contributed by atoms with van der Waals surface area (Å²) in [6, 6.07) is 14.3. The van der Waals surface area contributed by atoms with Gasteiger partial charge in [-0.25, -0.2) is 0 Å². The molecule has 112 valence electrons. The Labute approximate surface area is 143 Å². The van der Waals surface area contributed by atoms with Gasteiger partial charge < -0.3 is 9.47 Å². The predicted molar refractivity (Wildman–Crippen MR) is 85.9 cm³/mol. The van der Waals surface area contributed by atoms with E-state index < -0.39 is 24.1 Å². The molecule has 2 aromatic carbocycles. The number of benzene rings is 2. The summed E-state index contributed by atoms with van der Waals surface area (Å²) in [4.78, 5) is 23.8. The zero-order chi connectivity index (χ0) is 15.7. The first-order chi connectivity index (χ1) is 10.5. The van der Waals surface area contributed by atoms with Crippen molar-refractivity contribution >= 4 is 43.8 Å². The van der Waals surface area contributed by atoms with E-state index in [1.165, 1.54) is 0 Å². The molecule has 0 aromatic heterocycles. The molecule has 3 rings (SSSR count). The van der Waals surface area contributed by atoms with Gasteiger partial charge in [0.25, 0.3) is 0 Å². The van der Waals surface area contributed by atoms with Crippen molar-refractivity contribution < 1.29 is 19.1 Å². The van der Waals surface area contributed by atoms with Crippen LogP contribution in [0.1, 0.15) is 17.5 Å². The molecule has 1 aliphatic heterocycles. The molecule has 0 N–H and O–H groups in total. The summed E-state index contributed by atoms with van der Waals surface area (Å²) in [6.45, 7) is 0. The molecule has 4 nitrogen and oxygen atoms in total. The van der Waals surface area contributed by atoms with Gasteiger partial charge in [0.1, 0.15) is 6.42 Å². The number of ether oxygens (including phenoxy) is 2. The topological polar surface area (TPSA) is 52.6 Å². The Morgan fingerprint density at radius 1 is 0.773 bits per heavy atom. The third-order valence-corrected chi connectivity index (χ3v) is 4.64. The van der Waals surface area contributed by atoms with Gasteiger partial charge in [-0.3, -0.25) is 9.59 Å². The lowest BCUT2D eigenvalue weighted by molar-refractivity contribution is -0.234. The molecule has 2 aromatic rings. The number of hydrogen-bond donors (Lipinski definition) is 0. The SMILES string of the molecule is O=C1CC(=O)OC(c2ccccc2Br)(c2ccccc2Br)O1. The molecular formula is C16H10Br2O4. The Hall–Kier alpha value is -1.66. The highest BCUT2D eigenvalue weighted by Gasteiger charge is 2.49. The minimum absolute atomic E-state index is 0.392. The number of rotatable bonds is 2. The fraction of sp³-hybridized carbons (Fsp3) is 0.125. The van der Waals surface area contributed by atoms with Gasteiger partial charge in [0.05, 0.1) is 11.1 Å². The summed E-state index contributed by atoms with van der Waals surface area (Å²) in [6.07, 6.45) is -0.392. The van der Waals surface area contributed by atoms with Crippen molar-refractivity contribution in [3.63, 3.8) is 0 Å². The molecular weight excluding hydrogens is 416 g/mol. The van der Waals surface area contributed by atoms with Crippen LogP contribution in [0.15, 0.2) is 57.5 Å². The van der Waals surface area contributed by atoms with Crippen LogP contribution in [-0.4, -0.2) is 11.9 Å². The lowest BCUT2D eigenvalue weighted by atomic mass is 9.96. The third kappa shape index (κ3) is 2.57. The van der Waals surface area contributed by atoms with Gasteiger partial charge in [0.15, 0.2) is 0 Å². The van der Waals surface area contributed by atoms with Gasteiger partial charge in [-0.1, -0.05) is 56.1 Å². The first-order valence-corrected chi connectivity index (χ1v) is 8.05. The molecule has 6 heteroatoms. The second-order valence-electron chi connectivity index (χ2n) is 4.70. The molecule has 0 atom stereocenters. The van der Waals surface area contributed by atoms with Crippen molar-refractivity contribution in [2.75, 3.05) is 0 Å². The lowest BCUT2D eigenvalue weighted by Gasteiger charge is -2.37. The third-order valence-electron chi connectivity index (χ3n) is 3.26. The normalized spacial score (nSPS) is 16.8. The van der Waals surface area contributed by atoms with Gasteiger partial charge in [-0.2, -0.15) is 0 Å². The number of carbonyl (C=O) groups excluding carboxylic acids is 2. The van der Waals surface area contributed by atoms with Gasteiger partial charge in [0, 0.05) is 8.95 Å². The maximum atomic E-state index is 11.9. The molecule has 1 saturated heterocycles. The molecule has 1 fully saturated rings. The summed E-state index contributed by atoms with van der Waals surface area (Å²) in [5.41, 5.74) is 1.09. The van der Waals surface area contributed by atoms with Crippen molar-refractivity contribution in [3.8, 4) is 0 Å². The zero-order valence-corrected chi connectivity index (χ0v) is 14.4. The summed E-state index contributed by atoms with van der Waals surface area (Å²) >= 11 is 6.86. The Balaban J connectivity index is 2.28. The second-order valence-corrected chi connectivity index (χ2v) is 6.41. The minimum atomic E-state index is -1.60. The van der Waals surface area contributed by atoms with Gasteiger partial charge in [-0.15, -0.1) is 0 Å². The second kappa shape index (κ2) is 5.85. The molecule has 1 heterocycles. The molecule has 0 aliphatic carbocycles. The van der Waals surface area contributed by atoms with Gasteiger partial charge in [-0.05, 0) is 24.3 Å². The van der Waals surface area contributed by atoms with E-state index >= 15 is 0 Å². The van der Waals surface area contributed by atoms with Crippen molar-refractivity contribution in [2.45, 2.75) is 12.2 Å². The number of halogens is 2. The largest absolute Gasteiger partial charge is 0.413 e. The molecule has 0 spiro atoms. The zero-order valence-electron chi connectivity index (χ0n) is 11.2. The van der Waals surface area contributed by atoms with E-state index in [9.17, 15) is 9.59 Å². The molecule has 22 heavy (non-hydrogen) atoms. The summed E-state index contributed by atoms with van der Waals surface area (Å²) in [5.74, 6) is -2.85. The van der Waals surface area contributed by atoms with Crippen molar-refractivity contribution in [1.29, 1.82) is 0 Å². The fourth-order valence-electron chi connectivity index (χ4n) is 2.35. The average molecular weight is 426 g/mol. The van der Waals surface area contributed by atoms with Gasteiger partial charge in [0.2, 0.25) is 0 Å². The van der Waals surface area contributed by atoms with E-state index in [1.807, 2.05) is 12.1 Å². The smallest absolute Gasteiger partial charge is 0.320 e. The first-order valence-electron chi connectivity index (χ1n) is 6.46. The van der Waals surface area contributed by atoms with Crippen molar-refractivity contribution in [1.82, 2.24) is 0 Å². The average Bonchev–Trinajstić information content (AvgIpc) is 2.47. The van der Waals surface area contributed by atoms with Crippen LogP contribution in [-0.2, 0) is 24.8 Å².